The van der Waals surface area contributed by atoms with Gasteiger partial charge in [-0.25, -0.2) is 0 Å². The highest BCUT2D eigenvalue weighted by atomic mass is 16.5. The number of ether oxygens (including phenoxy) is 1. The first-order valence-electron chi connectivity index (χ1n) is 4.76. The Morgan fingerprint density at radius 2 is 2.00 bits per heavy atom. The van der Waals surface area contributed by atoms with Gasteiger partial charge in [0.05, 0.1) is 25.2 Å². The molecular formula is C10H20O4. The van der Waals surface area contributed by atoms with Crippen LogP contribution in [-0.2, 0) is 9.53 Å². The van der Waals surface area contributed by atoms with E-state index in [1.54, 1.807) is 0 Å². The predicted molar refractivity (Wildman–Crippen MR) is 52.7 cm³/mol. The lowest BCUT2D eigenvalue weighted by Gasteiger charge is -2.26. The number of rotatable bonds is 5. The van der Waals surface area contributed by atoms with Gasteiger partial charge in [0.15, 0.2) is 0 Å². The Morgan fingerprint density at radius 3 is 2.36 bits per heavy atom. The van der Waals surface area contributed by atoms with E-state index in [4.69, 9.17) is 0 Å². The second kappa shape index (κ2) is 5.32. The fourth-order valence-electron chi connectivity index (χ4n) is 1.14. The summed E-state index contributed by atoms with van der Waals surface area (Å²) in [5, 5.41) is 19.3. The first-order chi connectivity index (χ1) is 6.28. The molecular weight excluding hydrogens is 184 g/mol. The van der Waals surface area contributed by atoms with E-state index in [2.05, 4.69) is 4.74 Å². The number of hydrogen-bond donors (Lipinski definition) is 2. The van der Waals surface area contributed by atoms with Crippen LogP contribution in [0.25, 0.3) is 0 Å². The highest BCUT2D eigenvalue weighted by Gasteiger charge is 2.29. The molecule has 0 aliphatic heterocycles. The number of carbonyl (C=O) groups excluding carboxylic acids is 1. The number of esters is 1. The van der Waals surface area contributed by atoms with Gasteiger partial charge in [-0.2, -0.15) is 0 Å². The average Bonchev–Trinajstić information content (AvgIpc) is 2.02. The monoisotopic (exact) mass is 204 g/mol. The van der Waals surface area contributed by atoms with E-state index in [9.17, 15) is 15.0 Å². The zero-order chi connectivity index (χ0) is 11.4. The van der Waals surface area contributed by atoms with Crippen molar-refractivity contribution in [3.63, 3.8) is 0 Å². The smallest absolute Gasteiger partial charge is 0.308 e. The largest absolute Gasteiger partial charge is 0.469 e. The molecule has 84 valence electrons. The predicted octanol–water partition coefficient (Wildman–Crippen LogP) is 0.707. The molecule has 0 heterocycles. The third-order valence-electron chi connectivity index (χ3n) is 2.17. The maximum absolute atomic E-state index is 10.9. The first kappa shape index (κ1) is 13.4. The molecule has 0 saturated heterocycles. The summed E-state index contributed by atoms with van der Waals surface area (Å²) in [5.74, 6) is -0.398. The molecule has 14 heavy (non-hydrogen) atoms. The van der Waals surface area contributed by atoms with Crippen LogP contribution in [0, 0.1) is 5.92 Å². The van der Waals surface area contributed by atoms with Gasteiger partial charge in [0.25, 0.3) is 0 Å². The van der Waals surface area contributed by atoms with Gasteiger partial charge in [0, 0.05) is 6.42 Å². The highest BCUT2D eigenvalue weighted by molar-refractivity contribution is 5.70. The zero-order valence-corrected chi connectivity index (χ0v) is 9.28. The summed E-state index contributed by atoms with van der Waals surface area (Å²) in [6.07, 6.45) is -0.512. The van der Waals surface area contributed by atoms with Crippen molar-refractivity contribution in [3.8, 4) is 0 Å². The van der Waals surface area contributed by atoms with Crippen LogP contribution in [0.15, 0.2) is 0 Å². The minimum Gasteiger partial charge on any atom is -0.469 e. The fourth-order valence-corrected chi connectivity index (χ4v) is 1.14. The van der Waals surface area contributed by atoms with E-state index >= 15 is 0 Å². The molecule has 0 spiro atoms. The maximum Gasteiger partial charge on any atom is 0.308 e. The van der Waals surface area contributed by atoms with Crippen molar-refractivity contribution >= 4 is 5.97 Å². The summed E-state index contributed by atoms with van der Waals surface area (Å²) < 4.78 is 4.45. The van der Waals surface area contributed by atoms with E-state index < -0.39 is 17.7 Å². The quantitative estimate of drug-likeness (QED) is 0.647. The van der Waals surface area contributed by atoms with Crippen molar-refractivity contribution in [3.05, 3.63) is 0 Å². The van der Waals surface area contributed by atoms with Crippen molar-refractivity contribution in [2.45, 2.75) is 45.3 Å². The van der Waals surface area contributed by atoms with Gasteiger partial charge < -0.3 is 14.9 Å². The van der Waals surface area contributed by atoms with Gasteiger partial charge in [-0.05, 0) is 12.8 Å². The minimum absolute atomic E-state index is 0.0686. The number of aliphatic hydroxyl groups excluding tert-OH is 1. The topological polar surface area (TPSA) is 66.8 Å². The van der Waals surface area contributed by atoms with Crippen LogP contribution < -0.4 is 0 Å². The van der Waals surface area contributed by atoms with Crippen LogP contribution in [0.5, 0.6) is 0 Å². The molecule has 0 radical (unpaired) electrons. The lowest BCUT2D eigenvalue weighted by Crippen LogP contribution is -2.34. The average molecular weight is 204 g/mol. The molecule has 0 aromatic heterocycles. The molecule has 2 atom stereocenters. The fraction of sp³-hybridized carbons (Fsp3) is 0.900. The van der Waals surface area contributed by atoms with Gasteiger partial charge >= 0.3 is 5.97 Å². The van der Waals surface area contributed by atoms with Crippen molar-refractivity contribution in [1.29, 1.82) is 0 Å². The molecule has 0 saturated carbocycles. The molecule has 0 aliphatic rings. The molecule has 2 N–H and O–H groups in total. The lowest BCUT2D eigenvalue weighted by molar-refractivity contribution is -0.146. The third kappa shape index (κ3) is 5.19. The SMILES string of the molecule is COC(=O)CC(C)(O)CC(O)C(C)C. The third-order valence-corrected chi connectivity index (χ3v) is 2.17. The Bertz CT molecular complexity index is 187. The number of carbonyl (C=O) groups is 1. The lowest BCUT2D eigenvalue weighted by atomic mass is 9.90. The standard InChI is InChI=1S/C10H20O4/c1-7(2)8(11)5-10(3,13)6-9(12)14-4/h7-8,11,13H,5-6H2,1-4H3. The zero-order valence-electron chi connectivity index (χ0n) is 9.28. The van der Waals surface area contributed by atoms with Crippen molar-refractivity contribution in [2.75, 3.05) is 7.11 Å². The molecule has 0 amide bonds. The van der Waals surface area contributed by atoms with E-state index in [0.717, 1.165) is 0 Å². The van der Waals surface area contributed by atoms with E-state index in [1.807, 2.05) is 13.8 Å². The van der Waals surface area contributed by atoms with Crippen molar-refractivity contribution in [2.24, 2.45) is 5.92 Å². The van der Waals surface area contributed by atoms with Crippen LogP contribution in [0.1, 0.15) is 33.6 Å². The van der Waals surface area contributed by atoms with Gasteiger partial charge in [-0.15, -0.1) is 0 Å². The van der Waals surface area contributed by atoms with E-state index in [1.165, 1.54) is 14.0 Å². The van der Waals surface area contributed by atoms with Crippen molar-refractivity contribution in [1.82, 2.24) is 0 Å². The normalized spacial score (nSPS) is 17.6. The second-order valence-electron chi connectivity index (χ2n) is 4.27. The highest BCUT2D eigenvalue weighted by Crippen LogP contribution is 2.20. The van der Waals surface area contributed by atoms with Gasteiger partial charge in [-0.3, -0.25) is 4.79 Å². The molecule has 0 bridgehead atoms. The summed E-state index contributed by atoms with van der Waals surface area (Å²) in [6, 6.07) is 0. The summed E-state index contributed by atoms with van der Waals surface area (Å²) in [6.45, 7) is 5.24. The summed E-state index contributed by atoms with van der Waals surface area (Å²) in [5.41, 5.74) is -1.20. The molecule has 0 rings (SSSR count). The number of aliphatic hydroxyl groups is 2. The Morgan fingerprint density at radius 1 is 1.50 bits per heavy atom. The first-order valence-corrected chi connectivity index (χ1v) is 4.76. The van der Waals surface area contributed by atoms with Crippen LogP contribution in [0.3, 0.4) is 0 Å². The summed E-state index contributed by atoms with van der Waals surface area (Å²) in [7, 11) is 1.28. The number of methoxy groups -OCH3 is 1. The Labute approximate surface area is 84.9 Å². The van der Waals surface area contributed by atoms with E-state index in [-0.39, 0.29) is 18.8 Å². The van der Waals surface area contributed by atoms with Gasteiger partial charge in [0.1, 0.15) is 0 Å². The second-order valence-corrected chi connectivity index (χ2v) is 4.27. The van der Waals surface area contributed by atoms with Crippen LogP contribution in [0.2, 0.25) is 0 Å². The Kier molecular flexibility index (Phi) is 5.08. The summed E-state index contributed by atoms with van der Waals surface area (Å²) >= 11 is 0. The van der Waals surface area contributed by atoms with Crippen LogP contribution in [0.4, 0.5) is 0 Å². The number of hydrogen-bond acceptors (Lipinski definition) is 4. The molecule has 2 unspecified atom stereocenters. The van der Waals surface area contributed by atoms with Crippen LogP contribution >= 0.6 is 0 Å². The minimum atomic E-state index is -1.20. The molecule has 0 aliphatic carbocycles. The summed E-state index contributed by atoms with van der Waals surface area (Å²) in [4.78, 5) is 10.9. The molecule has 4 heteroatoms. The van der Waals surface area contributed by atoms with Crippen molar-refractivity contribution < 1.29 is 19.7 Å². The van der Waals surface area contributed by atoms with E-state index in [0.29, 0.717) is 0 Å². The van der Waals surface area contributed by atoms with Crippen LogP contribution in [-0.4, -0.2) is 35.0 Å². The molecule has 4 nitrogen and oxygen atoms in total. The van der Waals surface area contributed by atoms with Gasteiger partial charge in [-0.1, -0.05) is 13.8 Å². The molecule has 0 aromatic rings. The molecule has 0 fully saturated rings. The maximum atomic E-state index is 10.9. The Hall–Kier alpha value is -0.610. The Balaban J connectivity index is 4.12. The molecule has 0 aromatic carbocycles. The van der Waals surface area contributed by atoms with Gasteiger partial charge in [0.2, 0.25) is 0 Å².